The van der Waals surface area contributed by atoms with Crippen molar-refractivity contribution in [3.63, 3.8) is 0 Å². The van der Waals surface area contributed by atoms with Crippen LogP contribution in [0.15, 0.2) is 47.1 Å². The third-order valence-corrected chi connectivity index (χ3v) is 4.53. The van der Waals surface area contributed by atoms with Gasteiger partial charge in [-0.25, -0.2) is 0 Å². The van der Waals surface area contributed by atoms with E-state index in [2.05, 4.69) is 26.1 Å². The third kappa shape index (κ3) is 4.10. The fraction of sp³-hybridized carbons (Fsp3) is 0.400. The Bertz CT molecular complexity index is 742. The van der Waals surface area contributed by atoms with Gasteiger partial charge in [0.1, 0.15) is 5.76 Å². The molecule has 0 spiro atoms. The zero-order chi connectivity index (χ0) is 18.0. The van der Waals surface area contributed by atoms with Gasteiger partial charge in [-0.15, -0.1) is 0 Å². The molecule has 0 saturated carbocycles. The largest absolute Gasteiger partial charge is 0.467 e. The van der Waals surface area contributed by atoms with Gasteiger partial charge >= 0.3 is 0 Å². The number of nitrogens with zero attached hydrogens (tertiary/aromatic N) is 1. The van der Waals surface area contributed by atoms with Crippen molar-refractivity contribution in [2.24, 2.45) is 5.92 Å². The van der Waals surface area contributed by atoms with E-state index in [0.29, 0.717) is 13.1 Å². The van der Waals surface area contributed by atoms with Crippen LogP contribution in [-0.4, -0.2) is 23.3 Å². The van der Waals surface area contributed by atoms with Crippen LogP contribution in [-0.2, 0) is 21.5 Å². The molecule has 5 nitrogen and oxygen atoms in total. The monoisotopic (exact) mass is 340 g/mol. The Hall–Kier alpha value is -2.56. The predicted molar refractivity (Wildman–Crippen MR) is 96.0 cm³/mol. The van der Waals surface area contributed by atoms with E-state index in [1.165, 1.54) is 5.56 Å². The predicted octanol–water partition coefficient (Wildman–Crippen LogP) is 3.56. The number of carbonyl (C=O) groups excluding carboxylic acids is 2. The van der Waals surface area contributed by atoms with Crippen molar-refractivity contribution in [3.05, 3.63) is 54.0 Å². The quantitative estimate of drug-likeness (QED) is 0.925. The van der Waals surface area contributed by atoms with Gasteiger partial charge in [-0.05, 0) is 35.2 Å². The highest BCUT2D eigenvalue weighted by Crippen LogP contribution is 2.25. The average Bonchev–Trinajstić information content (AvgIpc) is 3.18. The number of amides is 2. The molecule has 0 radical (unpaired) electrons. The Kier molecular flexibility index (Phi) is 4.66. The third-order valence-electron chi connectivity index (χ3n) is 4.53. The Balaban J connectivity index is 1.59. The number of hydrogen-bond donors (Lipinski definition) is 1. The second-order valence-corrected chi connectivity index (χ2v) is 7.57. The summed E-state index contributed by atoms with van der Waals surface area (Å²) in [4.78, 5) is 26.3. The van der Waals surface area contributed by atoms with Gasteiger partial charge in [0, 0.05) is 18.7 Å². The average molecular weight is 340 g/mol. The van der Waals surface area contributed by atoms with E-state index in [-0.39, 0.29) is 29.6 Å². The molecular formula is C20H24N2O3. The summed E-state index contributed by atoms with van der Waals surface area (Å²) in [6.45, 7) is 7.29. The highest BCUT2D eigenvalue weighted by molar-refractivity contribution is 5.97. The van der Waals surface area contributed by atoms with E-state index in [0.717, 1.165) is 11.4 Å². The summed E-state index contributed by atoms with van der Waals surface area (Å²) in [7, 11) is 0. The summed E-state index contributed by atoms with van der Waals surface area (Å²) in [5.41, 5.74) is 2.05. The first-order valence-electron chi connectivity index (χ1n) is 8.54. The van der Waals surface area contributed by atoms with Crippen molar-refractivity contribution in [1.82, 2.24) is 4.90 Å². The Labute approximate surface area is 148 Å². The van der Waals surface area contributed by atoms with E-state index in [9.17, 15) is 9.59 Å². The fourth-order valence-electron chi connectivity index (χ4n) is 2.99. The SMILES string of the molecule is CC(C)(C)c1ccc(NC(=O)C2CC(=O)N(Cc3ccco3)C2)cc1. The molecule has 1 saturated heterocycles. The molecular weight excluding hydrogens is 316 g/mol. The van der Waals surface area contributed by atoms with Gasteiger partial charge < -0.3 is 14.6 Å². The van der Waals surface area contributed by atoms with E-state index in [1.54, 1.807) is 17.2 Å². The summed E-state index contributed by atoms with van der Waals surface area (Å²) < 4.78 is 5.28. The Morgan fingerprint density at radius 2 is 1.96 bits per heavy atom. The lowest BCUT2D eigenvalue weighted by molar-refractivity contribution is -0.128. The summed E-state index contributed by atoms with van der Waals surface area (Å²) in [5.74, 6) is 0.273. The molecule has 5 heteroatoms. The van der Waals surface area contributed by atoms with Gasteiger partial charge in [0.25, 0.3) is 0 Å². The topological polar surface area (TPSA) is 62.6 Å². The van der Waals surface area contributed by atoms with Crippen molar-refractivity contribution in [2.45, 2.75) is 39.2 Å². The Morgan fingerprint density at radius 1 is 1.24 bits per heavy atom. The molecule has 1 aliphatic rings. The molecule has 1 atom stereocenters. The minimum atomic E-state index is -0.329. The maximum Gasteiger partial charge on any atom is 0.229 e. The highest BCUT2D eigenvalue weighted by Gasteiger charge is 2.34. The van der Waals surface area contributed by atoms with Gasteiger partial charge in [0.2, 0.25) is 11.8 Å². The van der Waals surface area contributed by atoms with Crippen molar-refractivity contribution >= 4 is 17.5 Å². The number of carbonyl (C=O) groups is 2. The van der Waals surface area contributed by atoms with Crippen LogP contribution in [0.25, 0.3) is 0 Å². The van der Waals surface area contributed by atoms with Crippen LogP contribution in [0.5, 0.6) is 0 Å². The molecule has 2 amide bonds. The molecule has 2 aromatic rings. The van der Waals surface area contributed by atoms with Crippen LogP contribution >= 0.6 is 0 Å². The van der Waals surface area contributed by atoms with Crippen LogP contribution in [0.1, 0.15) is 38.5 Å². The van der Waals surface area contributed by atoms with Crippen LogP contribution in [0.4, 0.5) is 5.69 Å². The number of anilines is 1. The molecule has 1 unspecified atom stereocenters. The number of benzene rings is 1. The molecule has 1 aromatic heterocycles. The normalized spacial score (nSPS) is 17.8. The maximum absolute atomic E-state index is 12.5. The van der Waals surface area contributed by atoms with Crippen molar-refractivity contribution < 1.29 is 14.0 Å². The first-order valence-corrected chi connectivity index (χ1v) is 8.54. The van der Waals surface area contributed by atoms with Crippen molar-refractivity contribution in [2.75, 3.05) is 11.9 Å². The second kappa shape index (κ2) is 6.75. The second-order valence-electron chi connectivity index (χ2n) is 7.57. The molecule has 1 aromatic carbocycles. The lowest BCUT2D eigenvalue weighted by Gasteiger charge is -2.19. The van der Waals surface area contributed by atoms with Gasteiger partial charge in [0.05, 0.1) is 18.7 Å². The minimum Gasteiger partial charge on any atom is -0.467 e. The maximum atomic E-state index is 12.5. The summed E-state index contributed by atoms with van der Waals surface area (Å²) in [6, 6.07) is 11.5. The van der Waals surface area contributed by atoms with Crippen LogP contribution in [0, 0.1) is 5.92 Å². The molecule has 25 heavy (non-hydrogen) atoms. The molecule has 0 aliphatic carbocycles. The van der Waals surface area contributed by atoms with Gasteiger partial charge in [-0.1, -0.05) is 32.9 Å². The number of furan rings is 1. The zero-order valence-corrected chi connectivity index (χ0v) is 14.9. The molecule has 1 N–H and O–H groups in total. The Morgan fingerprint density at radius 3 is 2.56 bits per heavy atom. The van der Waals surface area contributed by atoms with Gasteiger partial charge in [0.15, 0.2) is 0 Å². The van der Waals surface area contributed by atoms with E-state index >= 15 is 0 Å². The molecule has 2 heterocycles. The van der Waals surface area contributed by atoms with Crippen molar-refractivity contribution in [1.29, 1.82) is 0 Å². The summed E-state index contributed by atoms with van der Waals surface area (Å²) in [6.07, 6.45) is 1.83. The van der Waals surface area contributed by atoms with Crippen molar-refractivity contribution in [3.8, 4) is 0 Å². The number of hydrogen-bond acceptors (Lipinski definition) is 3. The summed E-state index contributed by atoms with van der Waals surface area (Å²) >= 11 is 0. The number of likely N-dealkylation sites (tertiary alicyclic amines) is 1. The molecule has 1 fully saturated rings. The fourth-order valence-corrected chi connectivity index (χ4v) is 2.99. The van der Waals surface area contributed by atoms with E-state index < -0.39 is 0 Å². The lowest BCUT2D eigenvalue weighted by Crippen LogP contribution is -2.27. The van der Waals surface area contributed by atoms with Crippen LogP contribution < -0.4 is 5.32 Å². The number of rotatable bonds is 4. The standard InChI is InChI=1S/C20H24N2O3/c1-20(2,3)15-6-8-16(9-7-15)21-19(24)14-11-18(23)22(12-14)13-17-5-4-10-25-17/h4-10,14H,11-13H2,1-3H3,(H,21,24). The first kappa shape index (κ1) is 17.3. The number of nitrogens with one attached hydrogen (secondary N) is 1. The zero-order valence-electron chi connectivity index (χ0n) is 14.9. The van der Waals surface area contributed by atoms with E-state index in [4.69, 9.17) is 4.42 Å². The molecule has 1 aliphatic heterocycles. The molecule has 132 valence electrons. The van der Waals surface area contributed by atoms with Gasteiger partial charge in [-0.3, -0.25) is 9.59 Å². The summed E-state index contributed by atoms with van der Waals surface area (Å²) in [5, 5.41) is 2.92. The van der Waals surface area contributed by atoms with E-state index in [1.807, 2.05) is 30.3 Å². The first-order chi connectivity index (χ1) is 11.8. The van der Waals surface area contributed by atoms with Gasteiger partial charge in [-0.2, -0.15) is 0 Å². The molecule has 3 rings (SSSR count). The lowest BCUT2D eigenvalue weighted by atomic mass is 9.87. The smallest absolute Gasteiger partial charge is 0.229 e. The van der Waals surface area contributed by atoms with Crippen LogP contribution in [0.2, 0.25) is 0 Å². The van der Waals surface area contributed by atoms with Crippen LogP contribution in [0.3, 0.4) is 0 Å². The molecule has 0 bridgehead atoms. The highest BCUT2D eigenvalue weighted by atomic mass is 16.3. The minimum absolute atomic E-state index is 0.0142.